The zero-order valence-electron chi connectivity index (χ0n) is 10.9. The fraction of sp³-hybridized carbons (Fsp3) is 0.923. The van der Waals surface area contributed by atoms with E-state index in [2.05, 4.69) is 10.6 Å². The Morgan fingerprint density at radius 3 is 2.59 bits per heavy atom. The maximum absolute atomic E-state index is 11.3. The Hall–Kier alpha value is -0.610. The van der Waals surface area contributed by atoms with Crippen LogP contribution in [0.4, 0.5) is 0 Å². The van der Waals surface area contributed by atoms with Crippen molar-refractivity contribution in [3.63, 3.8) is 0 Å². The number of hydrogen-bond acceptors (Lipinski definition) is 3. The fourth-order valence-corrected chi connectivity index (χ4v) is 2.26. The van der Waals surface area contributed by atoms with Gasteiger partial charge in [-0.05, 0) is 19.3 Å². The number of nitrogens with one attached hydrogen (secondary N) is 2. The van der Waals surface area contributed by atoms with Crippen LogP contribution in [0.25, 0.3) is 0 Å². The lowest BCUT2D eigenvalue weighted by Crippen LogP contribution is -2.43. The predicted octanol–water partition coefficient (Wildman–Crippen LogP) is 1.19. The molecule has 0 radical (unpaired) electrons. The van der Waals surface area contributed by atoms with Crippen molar-refractivity contribution in [2.75, 3.05) is 19.6 Å². The number of amides is 1. The summed E-state index contributed by atoms with van der Waals surface area (Å²) in [6.45, 7) is 4.06. The Balaban J connectivity index is 2.04. The van der Waals surface area contributed by atoms with Gasteiger partial charge in [-0.25, -0.2) is 0 Å². The van der Waals surface area contributed by atoms with Gasteiger partial charge < -0.3 is 15.7 Å². The van der Waals surface area contributed by atoms with Gasteiger partial charge in [-0.15, -0.1) is 0 Å². The quantitative estimate of drug-likeness (QED) is 0.588. The monoisotopic (exact) mass is 242 g/mol. The average molecular weight is 242 g/mol. The largest absolute Gasteiger partial charge is 0.389 e. The highest BCUT2D eigenvalue weighted by Gasteiger charge is 2.28. The molecule has 100 valence electrons. The highest BCUT2D eigenvalue weighted by molar-refractivity contribution is 5.75. The van der Waals surface area contributed by atoms with E-state index in [9.17, 15) is 9.90 Å². The van der Waals surface area contributed by atoms with Gasteiger partial charge in [0, 0.05) is 26.1 Å². The van der Waals surface area contributed by atoms with Crippen molar-refractivity contribution in [2.24, 2.45) is 0 Å². The van der Waals surface area contributed by atoms with Crippen molar-refractivity contribution in [3.8, 4) is 0 Å². The summed E-state index contributed by atoms with van der Waals surface area (Å²) >= 11 is 0. The van der Waals surface area contributed by atoms with Crippen molar-refractivity contribution in [2.45, 2.75) is 57.5 Å². The zero-order chi connectivity index (χ0) is 12.6. The van der Waals surface area contributed by atoms with Crippen molar-refractivity contribution in [3.05, 3.63) is 0 Å². The summed E-state index contributed by atoms with van der Waals surface area (Å²) in [5, 5.41) is 16.2. The number of aliphatic hydroxyl groups is 1. The van der Waals surface area contributed by atoms with E-state index in [0.717, 1.165) is 38.6 Å². The highest BCUT2D eigenvalue weighted by Crippen LogP contribution is 2.27. The zero-order valence-corrected chi connectivity index (χ0v) is 10.9. The first-order valence-electron chi connectivity index (χ1n) is 6.86. The molecule has 0 aliphatic heterocycles. The summed E-state index contributed by atoms with van der Waals surface area (Å²) in [7, 11) is 0. The Labute approximate surface area is 104 Å². The average Bonchev–Trinajstić information content (AvgIpc) is 2.33. The highest BCUT2D eigenvalue weighted by atomic mass is 16.3. The summed E-state index contributed by atoms with van der Waals surface area (Å²) in [4.78, 5) is 11.3. The van der Waals surface area contributed by atoms with Crippen LogP contribution in [0.2, 0.25) is 0 Å². The third-order valence-electron chi connectivity index (χ3n) is 3.34. The second-order valence-corrected chi connectivity index (χ2v) is 5.06. The van der Waals surface area contributed by atoms with Crippen LogP contribution in [0.1, 0.15) is 51.9 Å². The van der Waals surface area contributed by atoms with Gasteiger partial charge in [-0.1, -0.05) is 26.2 Å². The van der Waals surface area contributed by atoms with Crippen molar-refractivity contribution in [1.29, 1.82) is 0 Å². The predicted molar refractivity (Wildman–Crippen MR) is 68.8 cm³/mol. The van der Waals surface area contributed by atoms with Gasteiger partial charge >= 0.3 is 0 Å². The topological polar surface area (TPSA) is 61.4 Å². The lowest BCUT2D eigenvalue weighted by molar-refractivity contribution is -0.121. The Kier molecular flexibility index (Phi) is 6.52. The lowest BCUT2D eigenvalue weighted by atomic mass is 9.85. The molecular weight excluding hydrogens is 216 g/mol. The van der Waals surface area contributed by atoms with Crippen LogP contribution in [-0.2, 0) is 4.79 Å². The molecule has 0 heterocycles. The van der Waals surface area contributed by atoms with Gasteiger partial charge in [-0.2, -0.15) is 0 Å². The minimum Gasteiger partial charge on any atom is -0.389 e. The summed E-state index contributed by atoms with van der Waals surface area (Å²) in [6.07, 6.45) is 6.73. The van der Waals surface area contributed by atoms with E-state index in [1.807, 2.05) is 6.92 Å². The van der Waals surface area contributed by atoms with Gasteiger partial charge in [0.1, 0.15) is 0 Å². The Morgan fingerprint density at radius 1 is 1.24 bits per heavy atom. The summed E-state index contributed by atoms with van der Waals surface area (Å²) in [5.74, 6) is 0.0926. The van der Waals surface area contributed by atoms with Crippen LogP contribution < -0.4 is 10.6 Å². The second kappa shape index (κ2) is 7.67. The molecule has 0 unspecified atom stereocenters. The first-order chi connectivity index (χ1) is 8.16. The number of carbonyl (C=O) groups is 1. The lowest BCUT2D eigenvalue weighted by Gasteiger charge is -2.32. The third kappa shape index (κ3) is 6.03. The van der Waals surface area contributed by atoms with Gasteiger partial charge in [0.05, 0.1) is 5.60 Å². The molecule has 0 aromatic rings. The third-order valence-corrected chi connectivity index (χ3v) is 3.34. The number of rotatable bonds is 7. The van der Waals surface area contributed by atoms with Crippen molar-refractivity contribution >= 4 is 5.91 Å². The Morgan fingerprint density at radius 2 is 1.94 bits per heavy atom. The van der Waals surface area contributed by atoms with Crippen LogP contribution in [0, 0.1) is 0 Å². The first-order valence-corrected chi connectivity index (χ1v) is 6.86. The van der Waals surface area contributed by atoms with E-state index in [4.69, 9.17) is 0 Å². The molecule has 1 aliphatic rings. The van der Waals surface area contributed by atoms with Gasteiger partial charge in [0.25, 0.3) is 0 Å². The first kappa shape index (κ1) is 14.5. The molecule has 0 bridgehead atoms. The van der Waals surface area contributed by atoms with Crippen molar-refractivity contribution in [1.82, 2.24) is 10.6 Å². The molecule has 0 aromatic carbocycles. The summed E-state index contributed by atoms with van der Waals surface area (Å²) in [5.41, 5.74) is -0.530. The van der Waals surface area contributed by atoms with E-state index in [1.54, 1.807) is 0 Å². The normalized spacial score (nSPS) is 18.9. The van der Waals surface area contributed by atoms with E-state index in [-0.39, 0.29) is 5.91 Å². The molecule has 3 N–H and O–H groups in total. The van der Waals surface area contributed by atoms with Gasteiger partial charge in [-0.3, -0.25) is 4.79 Å². The maximum atomic E-state index is 11.3. The minimum atomic E-state index is -0.530. The molecule has 0 spiro atoms. The maximum Gasteiger partial charge on any atom is 0.221 e. The van der Waals surface area contributed by atoms with E-state index >= 15 is 0 Å². The molecule has 1 fully saturated rings. The van der Waals surface area contributed by atoms with Gasteiger partial charge in [0.15, 0.2) is 0 Å². The minimum absolute atomic E-state index is 0.0926. The summed E-state index contributed by atoms with van der Waals surface area (Å²) in [6, 6.07) is 0. The Bertz CT molecular complexity index is 225. The summed E-state index contributed by atoms with van der Waals surface area (Å²) < 4.78 is 0. The molecule has 1 saturated carbocycles. The van der Waals surface area contributed by atoms with Crippen LogP contribution in [0.5, 0.6) is 0 Å². The van der Waals surface area contributed by atoms with Gasteiger partial charge in [0.2, 0.25) is 5.91 Å². The van der Waals surface area contributed by atoms with Crippen LogP contribution in [-0.4, -0.2) is 36.2 Å². The molecular formula is C13H26N2O2. The smallest absolute Gasteiger partial charge is 0.221 e. The number of hydrogen-bond donors (Lipinski definition) is 3. The van der Waals surface area contributed by atoms with Crippen LogP contribution in [0.15, 0.2) is 0 Å². The molecule has 1 amide bonds. The number of carbonyl (C=O) groups excluding carboxylic acids is 1. The van der Waals surface area contributed by atoms with Crippen LogP contribution >= 0.6 is 0 Å². The molecule has 1 rings (SSSR count). The fourth-order valence-electron chi connectivity index (χ4n) is 2.26. The standard InChI is InChI=1S/C13H26N2O2/c1-2-9-15-12(16)6-10-14-11-13(17)7-4-3-5-8-13/h14,17H,2-11H2,1H3,(H,15,16). The van der Waals surface area contributed by atoms with E-state index < -0.39 is 5.60 Å². The molecule has 1 aliphatic carbocycles. The van der Waals surface area contributed by atoms with E-state index in [0.29, 0.717) is 19.5 Å². The molecule has 0 saturated heterocycles. The van der Waals surface area contributed by atoms with Crippen LogP contribution in [0.3, 0.4) is 0 Å². The SMILES string of the molecule is CCCNC(=O)CCNCC1(O)CCCCC1. The molecule has 0 atom stereocenters. The molecule has 4 nitrogen and oxygen atoms in total. The van der Waals surface area contributed by atoms with E-state index in [1.165, 1.54) is 6.42 Å². The second-order valence-electron chi connectivity index (χ2n) is 5.06. The van der Waals surface area contributed by atoms with Crippen molar-refractivity contribution < 1.29 is 9.90 Å². The molecule has 4 heteroatoms. The molecule has 17 heavy (non-hydrogen) atoms. The molecule has 0 aromatic heterocycles.